The molecule has 1 aromatic carbocycles. The van der Waals surface area contributed by atoms with E-state index >= 15 is 0 Å². The maximum atomic E-state index is 11.2. The Morgan fingerprint density at radius 1 is 1.57 bits per heavy atom. The summed E-state index contributed by atoms with van der Waals surface area (Å²) in [6.07, 6.45) is 0.920. The third-order valence-electron chi connectivity index (χ3n) is 1.90. The van der Waals surface area contributed by atoms with Gasteiger partial charge in [-0.3, -0.25) is 0 Å². The lowest BCUT2D eigenvalue weighted by Gasteiger charge is -2.07. The van der Waals surface area contributed by atoms with Crippen LogP contribution >= 0.6 is 0 Å². The molecule has 0 bridgehead atoms. The highest BCUT2D eigenvalue weighted by atomic mass is 16.5. The number of nitrogens with two attached hydrogens (primary N) is 1. The lowest BCUT2D eigenvalue weighted by molar-refractivity contribution is -0.135. The van der Waals surface area contributed by atoms with E-state index in [9.17, 15) is 4.79 Å². The minimum atomic E-state index is -0.583. The molecule has 0 radical (unpaired) electrons. The average Bonchev–Trinajstić information content (AvgIpc) is 2.18. The standard InChI is InChI=1S/C11H15NO2/c1-3-9-5-4-6-10(7-9)14-11(13)8(2)12/h4-8H,3,12H2,1-2H3/t8-/m0/s1. The molecule has 0 saturated heterocycles. The summed E-state index contributed by atoms with van der Waals surface area (Å²) in [5.41, 5.74) is 6.52. The molecule has 0 spiro atoms. The molecular weight excluding hydrogens is 178 g/mol. The minimum Gasteiger partial charge on any atom is -0.425 e. The van der Waals surface area contributed by atoms with Gasteiger partial charge >= 0.3 is 5.97 Å². The Labute approximate surface area is 83.9 Å². The van der Waals surface area contributed by atoms with Crippen molar-refractivity contribution in [2.75, 3.05) is 0 Å². The molecule has 0 aromatic heterocycles. The van der Waals surface area contributed by atoms with E-state index in [-0.39, 0.29) is 0 Å². The molecule has 1 aromatic rings. The zero-order chi connectivity index (χ0) is 10.6. The van der Waals surface area contributed by atoms with Crippen molar-refractivity contribution in [1.82, 2.24) is 0 Å². The predicted molar refractivity (Wildman–Crippen MR) is 55.1 cm³/mol. The van der Waals surface area contributed by atoms with E-state index in [1.165, 1.54) is 0 Å². The maximum Gasteiger partial charge on any atom is 0.328 e. The number of hydrogen-bond acceptors (Lipinski definition) is 3. The fourth-order valence-electron chi connectivity index (χ4n) is 1.04. The molecule has 0 amide bonds. The van der Waals surface area contributed by atoms with E-state index in [1.807, 2.05) is 25.1 Å². The number of benzene rings is 1. The molecule has 0 aliphatic carbocycles. The lowest BCUT2D eigenvalue weighted by Crippen LogP contribution is -2.30. The van der Waals surface area contributed by atoms with E-state index in [4.69, 9.17) is 10.5 Å². The van der Waals surface area contributed by atoms with Crippen LogP contribution in [0.25, 0.3) is 0 Å². The van der Waals surface area contributed by atoms with Crippen molar-refractivity contribution in [2.45, 2.75) is 26.3 Å². The summed E-state index contributed by atoms with van der Waals surface area (Å²) in [5.74, 6) is 0.157. The van der Waals surface area contributed by atoms with Gasteiger partial charge in [-0.1, -0.05) is 19.1 Å². The van der Waals surface area contributed by atoms with E-state index in [0.717, 1.165) is 12.0 Å². The lowest BCUT2D eigenvalue weighted by atomic mass is 10.2. The van der Waals surface area contributed by atoms with Gasteiger partial charge in [-0.25, -0.2) is 4.79 Å². The van der Waals surface area contributed by atoms with Crippen molar-refractivity contribution in [1.29, 1.82) is 0 Å². The van der Waals surface area contributed by atoms with Gasteiger partial charge in [0.05, 0.1) is 0 Å². The van der Waals surface area contributed by atoms with Gasteiger partial charge < -0.3 is 10.5 Å². The number of aryl methyl sites for hydroxylation is 1. The van der Waals surface area contributed by atoms with Gasteiger partial charge in [-0.2, -0.15) is 0 Å². The van der Waals surface area contributed by atoms with Gasteiger partial charge in [0.1, 0.15) is 11.8 Å². The fourth-order valence-corrected chi connectivity index (χ4v) is 1.04. The summed E-state index contributed by atoms with van der Waals surface area (Å²) in [7, 11) is 0. The molecule has 1 rings (SSSR count). The second-order valence-corrected chi connectivity index (χ2v) is 3.21. The topological polar surface area (TPSA) is 52.3 Å². The molecule has 2 N–H and O–H groups in total. The Morgan fingerprint density at radius 3 is 2.86 bits per heavy atom. The Kier molecular flexibility index (Phi) is 3.65. The quantitative estimate of drug-likeness (QED) is 0.584. The second kappa shape index (κ2) is 4.77. The summed E-state index contributed by atoms with van der Waals surface area (Å²) < 4.78 is 5.05. The van der Waals surface area contributed by atoms with Crippen LogP contribution in [0, 0.1) is 0 Å². The van der Waals surface area contributed by atoms with Crippen LogP contribution in [0.15, 0.2) is 24.3 Å². The summed E-state index contributed by atoms with van der Waals surface area (Å²) in [6.45, 7) is 3.65. The monoisotopic (exact) mass is 193 g/mol. The highest BCUT2D eigenvalue weighted by Crippen LogP contribution is 2.13. The first-order valence-electron chi connectivity index (χ1n) is 4.69. The van der Waals surface area contributed by atoms with Crippen molar-refractivity contribution in [3.63, 3.8) is 0 Å². The molecule has 0 unspecified atom stereocenters. The second-order valence-electron chi connectivity index (χ2n) is 3.21. The van der Waals surface area contributed by atoms with Gasteiger partial charge in [-0.15, -0.1) is 0 Å². The number of esters is 1. The Bertz CT molecular complexity index is 321. The third-order valence-corrected chi connectivity index (χ3v) is 1.90. The third kappa shape index (κ3) is 2.85. The number of rotatable bonds is 3. The largest absolute Gasteiger partial charge is 0.425 e. The molecule has 3 nitrogen and oxygen atoms in total. The van der Waals surface area contributed by atoms with Crippen LogP contribution in [0.2, 0.25) is 0 Å². The molecule has 0 aliphatic heterocycles. The van der Waals surface area contributed by atoms with Gasteiger partial charge in [0.15, 0.2) is 0 Å². The molecule has 1 atom stereocenters. The first-order chi connectivity index (χ1) is 6.63. The Balaban J connectivity index is 2.72. The van der Waals surface area contributed by atoms with Crippen LogP contribution in [0.3, 0.4) is 0 Å². The summed E-state index contributed by atoms with van der Waals surface area (Å²) in [4.78, 5) is 11.2. The molecular formula is C11H15NO2. The van der Waals surface area contributed by atoms with Crippen molar-refractivity contribution in [3.05, 3.63) is 29.8 Å². The van der Waals surface area contributed by atoms with Crippen LogP contribution in [-0.2, 0) is 11.2 Å². The van der Waals surface area contributed by atoms with Gasteiger partial charge in [0.25, 0.3) is 0 Å². The van der Waals surface area contributed by atoms with Gasteiger partial charge in [0, 0.05) is 0 Å². The molecule has 76 valence electrons. The smallest absolute Gasteiger partial charge is 0.328 e. The predicted octanol–water partition coefficient (Wildman–Crippen LogP) is 1.50. The molecule has 14 heavy (non-hydrogen) atoms. The number of carbonyl (C=O) groups is 1. The van der Waals surface area contributed by atoms with Gasteiger partial charge in [-0.05, 0) is 31.0 Å². The summed E-state index contributed by atoms with van der Waals surface area (Å²) in [5, 5.41) is 0. The summed E-state index contributed by atoms with van der Waals surface area (Å²) >= 11 is 0. The number of ether oxygens (including phenoxy) is 1. The number of hydrogen-bond donors (Lipinski definition) is 1. The van der Waals surface area contributed by atoms with E-state index < -0.39 is 12.0 Å². The van der Waals surface area contributed by atoms with Crippen LogP contribution in [0.5, 0.6) is 5.75 Å². The van der Waals surface area contributed by atoms with Crippen LogP contribution in [-0.4, -0.2) is 12.0 Å². The summed E-state index contributed by atoms with van der Waals surface area (Å²) in [6, 6.07) is 6.87. The first-order valence-corrected chi connectivity index (χ1v) is 4.69. The normalized spacial score (nSPS) is 12.2. The zero-order valence-electron chi connectivity index (χ0n) is 8.49. The molecule has 0 saturated carbocycles. The highest BCUT2D eigenvalue weighted by Gasteiger charge is 2.09. The van der Waals surface area contributed by atoms with Crippen LogP contribution < -0.4 is 10.5 Å². The van der Waals surface area contributed by atoms with Crippen molar-refractivity contribution < 1.29 is 9.53 Å². The van der Waals surface area contributed by atoms with E-state index in [2.05, 4.69) is 0 Å². The van der Waals surface area contributed by atoms with Crippen LogP contribution in [0.1, 0.15) is 19.4 Å². The minimum absolute atomic E-state index is 0.404. The Hall–Kier alpha value is -1.35. The molecule has 0 fully saturated rings. The van der Waals surface area contributed by atoms with E-state index in [0.29, 0.717) is 5.75 Å². The van der Waals surface area contributed by atoms with Crippen molar-refractivity contribution >= 4 is 5.97 Å². The highest BCUT2D eigenvalue weighted by molar-refractivity contribution is 5.77. The Morgan fingerprint density at radius 2 is 2.29 bits per heavy atom. The SMILES string of the molecule is CCc1cccc(OC(=O)[C@H](C)N)c1. The van der Waals surface area contributed by atoms with Crippen LogP contribution in [0.4, 0.5) is 0 Å². The number of carbonyl (C=O) groups excluding carboxylic acids is 1. The average molecular weight is 193 g/mol. The van der Waals surface area contributed by atoms with Crippen molar-refractivity contribution in [3.8, 4) is 5.75 Å². The fraction of sp³-hybridized carbons (Fsp3) is 0.364. The molecule has 3 heteroatoms. The van der Waals surface area contributed by atoms with Gasteiger partial charge in [0.2, 0.25) is 0 Å². The first kappa shape index (κ1) is 10.7. The van der Waals surface area contributed by atoms with Crippen molar-refractivity contribution in [2.24, 2.45) is 5.73 Å². The zero-order valence-corrected chi connectivity index (χ0v) is 8.49. The maximum absolute atomic E-state index is 11.2. The molecule has 0 aliphatic rings. The van der Waals surface area contributed by atoms with E-state index in [1.54, 1.807) is 13.0 Å². The molecule has 0 heterocycles.